The number of hydrogen-bond acceptors (Lipinski definition) is 7. The van der Waals surface area contributed by atoms with E-state index in [1.54, 1.807) is 24.0 Å². The molecule has 2 amide bonds. The number of halogens is 2. The first-order valence-corrected chi connectivity index (χ1v) is 13.3. The number of esters is 1. The van der Waals surface area contributed by atoms with Gasteiger partial charge in [0, 0.05) is 38.0 Å². The number of fused-ring (bicyclic) bond motifs is 1. The number of hydrogen-bond donors (Lipinski definition) is 1. The Morgan fingerprint density at radius 3 is 2.54 bits per heavy atom. The van der Waals surface area contributed by atoms with Gasteiger partial charge in [0.25, 0.3) is 0 Å². The van der Waals surface area contributed by atoms with Gasteiger partial charge in [-0.3, -0.25) is 14.5 Å². The zero-order valence-corrected chi connectivity index (χ0v) is 22.9. The zero-order chi connectivity index (χ0) is 28.3. The Bertz CT molecular complexity index is 1230. The number of nitrogens with zero attached hydrogens (tertiary/aromatic N) is 4. The average Bonchev–Trinajstić information content (AvgIpc) is 2.88. The number of benzene rings is 1. The highest BCUT2D eigenvalue weighted by Crippen LogP contribution is 2.35. The molecule has 2 aliphatic rings. The smallest absolute Gasteiger partial charge is 0.407 e. The highest BCUT2D eigenvalue weighted by atomic mass is 35.5. The summed E-state index contributed by atoms with van der Waals surface area (Å²) >= 11 is 6.17. The summed E-state index contributed by atoms with van der Waals surface area (Å²) < 4.78 is 24.6. The molecule has 0 bridgehead atoms. The third-order valence-corrected chi connectivity index (χ3v) is 7.36. The minimum atomic E-state index is -1.01. The van der Waals surface area contributed by atoms with Crippen molar-refractivity contribution in [2.45, 2.75) is 51.9 Å². The van der Waals surface area contributed by atoms with Crippen LogP contribution in [-0.2, 0) is 27.4 Å². The first-order valence-electron chi connectivity index (χ1n) is 12.7. The van der Waals surface area contributed by atoms with Crippen LogP contribution in [0, 0.1) is 5.82 Å². The summed E-state index contributed by atoms with van der Waals surface area (Å²) in [6.45, 7) is 5.76. The van der Waals surface area contributed by atoms with Gasteiger partial charge in [0.05, 0.1) is 18.3 Å². The number of aromatic nitrogens is 1. The van der Waals surface area contributed by atoms with Crippen LogP contribution in [0.2, 0.25) is 0 Å². The molecule has 1 N–H and O–H groups in total. The Morgan fingerprint density at radius 2 is 1.90 bits per heavy atom. The molecule has 12 heteroatoms. The molecule has 1 fully saturated rings. The normalized spacial score (nSPS) is 21.2. The van der Waals surface area contributed by atoms with Crippen molar-refractivity contribution in [3.05, 3.63) is 53.0 Å². The van der Waals surface area contributed by atoms with Crippen LogP contribution in [0.5, 0.6) is 5.88 Å². The van der Waals surface area contributed by atoms with Crippen LogP contribution in [0.3, 0.4) is 0 Å². The second-order valence-corrected chi connectivity index (χ2v) is 10.3. The number of alkyl halides is 1. The maximum Gasteiger partial charge on any atom is 0.407 e. The fourth-order valence-electron chi connectivity index (χ4n) is 4.97. The van der Waals surface area contributed by atoms with E-state index in [1.165, 1.54) is 24.0 Å². The molecule has 4 rings (SSSR count). The molecule has 210 valence electrons. The number of anilines is 1. The third kappa shape index (κ3) is 6.59. The summed E-state index contributed by atoms with van der Waals surface area (Å²) in [7, 11) is 0. The van der Waals surface area contributed by atoms with E-state index < -0.39 is 12.1 Å². The molecule has 0 unspecified atom stereocenters. The SMILES string of the molecule is CC(=O)OCc1nc2c(cc1Cc1ccc(F)cc1)N(C(=O)CN1C[C@@H](C)N(C(=O)O)C[C@@H]1CCl)[C@@H](C)CO2. The molecule has 10 nitrogen and oxygen atoms in total. The molecule has 39 heavy (non-hydrogen) atoms. The van der Waals surface area contributed by atoms with Gasteiger partial charge in [0.2, 0.25) is 11.8 Å². The molecule has 0 radical (unpaired) electrons. The maximum atomic E-state index is 13.7. The fraction of sp³-hybridized carbons (Fsp3) is 0.481. The molecule has 1 aromatic heterocycles. The summed E-state index contributed by atoms with van der Waals surface area (Å²) in [5.41, 5.74) is 2.50. The van der Waals surface area contributed by atoms with E-state index in [-0.39, 0.29) is 67.9 Å². The largest absolute Gasteiger partial charge is 0.474 e. The minimum Gasteiger partial charge on any atom is -0.474 e. The number of pyridine rings is 1. The zero-order valence-electron chi connectivity index (χ0n) is 22.1. The fourth-order valence-corrected chi connectivity index (χ4v) is 5.26. The van der Waals surface area contributed by atoms with Crippen molar-refractivity contribution >= 4 is 35.3 Å². The van der Waals surface area contributed by atoms with E-state index in [1.807, 2.05) is 17.9 Å². The number of carboxylic acid groups (broad SMARTS) is 1. The number of rotatable bonds is 7. The van der Waals surface area contributed by atoms with E-state index >= 15 is 0 Å². The monoisotopic (exact) mass is 562 g/mol. The molecular formula is C27H32ClFN4O6. The molecule has 3 heterocycles. The Labute approximate surface area is 231 Å². The number of carbonyl (C=O) groups is 3. The van der Waals surface area contributed by atoms with Crippen molar-refractivity contribution in [1.29, 1.82) is 0 Å². The lowest BCUT2D eigenvalue weighted by Crippen LogP contribution is -2.61. The van der Waals surface area contributed by atoms with E-state index in [0.29, 0.717) is 29.9 Å². The van der Waals surface area contributed by atoms with Gasteiger partial charge in [-0.05, 0) is 49.6 Å². The molecule has 0 aliphatic carbocycles. The van der Waals surface area contributed by atoms with Gasteiger partial charge < -0.3 is 24.4 Å². The van der Waals surface area contributed by atoms with Crippen molar-refractivity contribution in [2.24, 2.45) is 0 Å². The topological polar surface area (TPSA) is 113 Å². The number of carbonyl (C=O) groups excluding carboxylic acids is 2. The molecular weight excluding hydrogens is 531 g/mol. The van der Waals surface area contributed by atoms with Crippen LogP contribution in [0.1, 0.15) is 37.6 Å². The van der Waals surface area contributed by atoms with Gasteiger partial charge in [-0.2, -0.15) is 0 Å². The molecule has 1 aromatic carbocycles. The van der Waals surface area contributed by atoms with Crippen LogP contribution in [0.4, 0.5) is 14.9 Å². The first-order chi connectivity index (χ1) is 18.6. The minimum absolute atomic E-state index is 0.0431. The summed E-state index contributed by atoms with van der Waals surface area (Å²) in [5.74, 6) is -0.568. The van der Waals surface area contributed by atoms with Crippen molar-refractivity contribution in [1.82, 2.24) is 14.8 Å². The molecule has 0 saturated carbocycles. The van der Waals surface area contributed by atoms with Gasteiger partial charge in [-0.25, -0.2) is 14.2 Å². The lowest BCUT2D eigenvalue weighted by molar-refractivity contribution is -0.142. The third-order valence-electron chi connectivity index (χ3n) is 7.00. The van der Waals surface area contributed by atoms with E-state index in [9.17, 15) is 23.9 Å². The van der Waals surface area contributed by atoms with Crippen LogP contribution >= 0.6 is 11.6 Å². The number of amides is 2. The van der Waals surface area contributed by atoms with Gasteiger partial charge in [0.15, 0.2) is 0 Å². The lowest BCUT2D eigenvalue weighted by atomic mass is 10.0. The van der Waals surface area contributed by atoms with E-state index in [4.69, 9.17) is 21.1 Å². The van der Waals surface area contributed by atoms with E-state index in [0.717, 1.165) is 5.56 Å². The maximum absolute atomic E-state index is 13.7. The predicted octanol–water partition coefficient (Wildman–Crippen LogP) is 3.28. The highest BCUT2D eigenvalue weighted by molar-refractivity contribution is 6.18. The van der Waals surface area contributed by atoms with Crippen molar-refractivity contribution in [3.63, 3.8) is 0 Å². The summed E-state index contributed by atoms with van der Waals surface area (Å²) in [6, 6.07) is 6.97. The van der Waals surface area contributed by atoms with Crippen LogP contribution < -0.4 is 9.64 Å². The molecule has 2 aromatic rings. The second kappa shape index (κ2) is 12.2. The Hall–Kier alpha value is -3.44. The summed E-state index contributed by atoms with van der Waals surface area (Å²) in [4.78, 5) is 46.4. The molecule has 2 aliphatic heterocycles. The Morgan fingerprint density at radius 1 is 1.18 bits per heavy atom. The molecule has 3 atom stereocenters. The summed E-state index contributed by atoms with van der Waals surface area (Å²) in [6.07, 6.45) is -0.639. The average molecular weight is 563 g/mol. The Kier molecular flexibility index (Phi) is 8.91. The van der Waals surface area contributed by atoms with Gasteiger partial charge in [0.1, 0.15) is 24.7 Å². The van der Waals surface area contributed by atoms with Crippen LogP contribution in [-0.4, -0.2) is 88.1 Å². The van der Waals surface area contributed by atoms with Crippen LogP contribution in [0.15, 0.2) is 30.3 Å². The van der Waals surface area contributed by atoms with Crippen molar-refractivity contribution in [2.75, 3.05) is 37.0 Å². The number of piperazine rings is 1. The van der Waals surface area contributed by atoms with Gasteiger partial charge >= 0.3 is 12.1 Å². The Balaban J connectivity index is 1.63. The van der Waals surface area contributed by atoms with Crippen LogP contribution in [0.25, 0.3) is 0 Å². The number of ether oxygens (including phenoxy) is 2. The first kappa shape index (κ1) is 28.6. The molecule has 1 saturated heterocycles. The predicted molar refractivity (Wildman–Crippen MR) is 142 cm³/mol. The lowest BCUT2D eigenvalue weighted by Gasteiger charge is -2.44. The van der Waals surface area contributed by atoms with Crippen molar-refractivity contribution < 1.29 is 33.4 Å². The van der Waals surface area contributed by atoms with E-state index in [2.05, 4.69) is 4.98 Å². The standard InChI is InChI=1S/C27H32ClFN4O6/c1-16-11-31(22(10-28)12-32(16)27(36)37)13-25(35)33-17(2)14-39-26-24(33)9-20(23(30-26)15-38-18(3)34)8-19-4-6-21(29)7-5-19/h4-7,9,16-17,22H,8,10-15H2,1-3H3,(H,36,37)/t16-,17+,22+/m1/s1. The van der Waals surface area contributed by atoms with Crippen molar-refractivity contribution in [3.8, 4) is 5.88 Å². The molecule has 0 spiro atoms. The van der Waals surface area contributed by atoms with Gasteiger partial charge in [-0.15, -0.1) is 11.6 Å². The quantitative estimate of drug-likeness (QED) is 0.404. The second-order valence-electron chi connectivity index (χ2n) is 9.95. The summed E-state index contributed by atoms with van der Waals surface area (Å²) in [5, 5.41) is 9.50. The van der Waals surface area contributed by atoms with Gasteiger partial charge in [-0.1, -0.05) is 12.1 Å². The highest BCUT2D eigenvalue weighted by Gasteiger charge is 2.38.